The Kier molecular flexibility index (Phi) is 4.29. The van der Waals surface area contributed by atoms with Crippen LogP contribution in [0.4, 0.5) is 11.5 Å². The fourth-order valence-corrected chi connectivity index (χ4v) is 2.67. The van der Waals surface area contributed by atoms with Crippen LogP contribution in [-0.4, -0.2) is 26.9 Å². The molecule has 1 N–H and O–H groups in total. The zero-order chi connectivity index (χ0) is 19.0. The zero-order valence-corrected chi connectivity index (χ0v) is 14.2. The molecule has 1 saturated heterocycles. The van der Waals surface area contributed by atoms with Crippen molar-refractivity contribution in [3.05, 3.63) is 56.7 Å². The molecule has 2 heterocycles. The average molecular weight is 356 g/mol. The Morgan fingerprint density at radius 3 is 2.08 bits per heavy atom. The van der Waals surface area contributed by atoms with Crippen LogP contribution >= 0.6 is 0 Å². The highest BCUT2D eigenvalue weighted by Gasteiger charge is 2.30. The van der Waals surface area contributed by atoms with Crippen LogP contribution in [0.25, 0.3) is 0 Å². The van der Waals surface area contributed by atoms with Gasteiger partial charge in [-0.05, 0) is 24.3 Å². The number of carbonyl (C=O) groups excluding carboxylic acids is 3. The van der Waals surface area contributed by atoms with Gasteiger partial charge in [0, 0.05) is 38.6 Å². The number of amides is 3. The first-order valence-electron chi connectivity index (χ1n) is 7.84. The van der Waals surface area contributed by atoms with Crippen LogP contribution < -0.4 is 21.5 Å². The van der Waals surface area contributed by atoms with Crippen molar-refractivity contribution in [2.24, 2.45) is 14.1 Å². The normalized spacial score (nSPS) is 14.0. The average Bonchev–Trinajstić information content (AvgIpc) is 2.96. The van der Waals surface area contributed by atoms with E-state index in [1.807, 2.05) is 0 Å². The third kappa shape index (κ3) is 2.94. The summed E-state index contributed by atoms with van der Waals surface area (Å²) in [6, 6.07) is 7.07. The SMILES string of the molecule is Cn1c(NC(=O)c2ccc(N3C(=O)CCC3=O)cc2)cc(=O)n(C)c1=O. The van der Waals surface area contributed by atoms with E-state index < -0.39 is 17.2 Å². The summed E-state index contributed by atoms with van der Waals surface area (Å²) in [7, 11) is 2.78. The Balaban J connectivity index is 1.84. The van der Waals surface area contributed by atoms with Gasteiger partial charge in [0.25, 0.3) is 11.5 Å². The number of nitrogens with one attached hydrogen (secondary N) is 1. The van der Waals surface area contributed by atoms with Crippen LogP contribution in [-0.2, 0) is 23.7 Å². The lowest BCUT2D eigenvalue weighted by Gasteiger charge is -2.14. The minimum Gasteiger partial charge on any atom is -0.308 e. The molecule has 3 rings (SSSR count). The quantitative estimate of drug-likeness (QED) is 0.778. The van der Waals surface area contributed by atoms with Crippen molar-refractivity contribution in [1.29, 1.82) is 0 Å². The summed E-state index contributed by atoms with van der Waals surface area (Å²) >= 11 is 0. The number of nitrogens with zero attached hydrogens (tertiary/aromatic N) is 3. The molecule has 1 aromatic carbocycles. The number of imide groups is 1. The number of hydrogen-bond donors (Lipinski definition) is 1. The second-order valence-corrected chi connectivity index (χ2v) is 5.89. The van der Waals surface area contributed by atoms with Gasteiger partial charge in [0.15, 0.2) is 0 Å². The molecule has 2 aromatic rings. The van der Waals surface area contributed by atoms with Crippen molar-refractivity contribution in [3.63, 3.8) is 0 Å². The summed E-state index contributed by atoms with van der Waals surface area (Å²) in [5, 5.41) is 2.51. The molecule has 1 fully saturated rings. The molecule has 134 valence electrons. The fourth-order valence-electron chi connectivity index (χ4n) is 2.67. The molecule has 0 radical (unpaired) electrons. The molecule has 0 spiro atoms. The Hall–Kier alpha value is -3.49. The van der Waals surface area contributed by atoms with E-state index in [0.717, 1.165) is 20.1 Å². The molecule has 0 unspecified atom stereocenters. The Morgan fingerprint density at radius 1 is 0.923 bits per heavy atom. The maximum absolute atomic E-state index is 12.4. The summed E-state index contributed by atoms with van der Waals surface area (Å²) < 4.78 is 2.07. The van der Waals surface area contributed by atoms with Gasteiger partial charge >= 0.3 is 5.69 Å². The maximum atomic E-state index is 12.4. The molecule has 0 saturated carbocycles. The molecule has 9 nitrogen and oxygen atoms in total. The second-order valence-electron chi connectivity index (χ2n) is 5.89. The van der Waals surface area contributed by atoms with Gasteiger partial charge < -0.3 is 5.32 Å². The molecule has 26 heavy (non-hydrogen) atoms. The van der Waals surface area contributed by atoms with Crippen LogP contribution in [0.3, 0.4) is 0 Å². The van der Waals surface area contributed by atoms with Gasteiger partial charge in [-0.25, -0.2) is 4.79 Å². The monoisotopic (exact) mass is 356 g/mol. The number of aromatic nitrogens is 2. The molecule has 0 atom stereocenters. The summed E-state index contributed by atoms with van der Waals surface area (Å²) in [5.74, 6) is -1.01. The van der Waals surface area contributed by atoms with E-state index in [0.29, 0.717) is 5.69 Å². The van der Waals surface area contributed by atoms with Crippen LogP contribution in [0, 0.1) is 0 Å². The molecular weight excluding hydrogens is 340 g/mol. The molecule has 3 amide bonds. The molecular formula is C17H16N4O5. The van der Waals surface area contributed by atoms with Crippen molar-refractivity contribution >= 4 is 29.2 Å². The first-order chi connectivity index (χ1) is 12.3. The number of carbonyl (C=O) groups is 3. The molecule has 1 aliphatic rings. The van der Waals surface area contributed by atoms with Crippen LogP contribution in [0.5, 0.6) is 0 Å². The lowest BCUT2D eigenvalue weighted by molar-refractivity contribution is -0.121. The van der Waals surface area contributed by atoms with Crippen molar-refractivity contribution < 1.29 is 14.4 Å². The van der Waals surface area contributed by atoms with Gasteiger partial charge in [0.05, 0.1) is 5.69 Å². The molecule has 1 aliphatic heterocycles. The smallest absolute Gasteiger partial charge is 0.308 e. The fraction of sp³-hybridized carbons (Fsp3) is 0.235. The lowest BCUT2D eigenvalue weighted by atomic mass is 10.2. The van der Waals surface area contributed by atoms with E-state index in [1.165, 1.54) is 38.4 Å². The highest BCUT2D eigenvalue weighted by atomic mass is 16.2. The minimum absolute atomic E-state index is 0.0667. The van der Waals surface area contributed by atoms with E-state index in [1.54, 1.807) is 0 Å². The predicted octanol–water partition coefficient (Wildman–Crippen LogP) is -0.0103. The van der Waals surface area contributed by atoms with Gasteiger partial charge in [-0.3, -0.25) is 33.2 Å². The van der Waals surface area contributed by atoms with Crippen LogP contribution in [0.2, 0.25) is 0 Å². The molecule has 9 heteroatoms. The lowest BCUT2D eigenvalue weighted by Crippen LogP contribution is -2.38. The highest BCUT2D eigenvalue weighted by molar-refractivity contribution is 6.20. The van der Waals surface area contributed by atoms with Crippen molar-refractivity contribution in [2.45, 2.75) is 12.8 Å². The Labute approximate surface area is 147 Å². The number of hydrogen-bond acceptors (Lipinski definition) is 5. The van der Waals surface area contributed by atoms with Gasteiger partial charge in [-0.15, -0.1) is 0 Å². The standard InChI is InChI=1S/C17H16N4O5/c1-19-12(9-15(24)20(2)17(19)26)18-16(25)10-3-5-11(6-4-10)21-13(22)7-8-14(21)23/h3-6,9H,7-8H2,1-2H3,(H,18,25). The topological polar surface area (TPSA) is 110 Å². The second kappa shape index (κ2) is 6.43. The van der Waals surface area contributed by atoms with Crippen molar-refractivity contribution in [3.8, 4) is 0 Å². The Bertz CT molecular complexity index is 1020. The van der Waals surface area contributed by atoms with E-state index in [4.69, 9.17) is 0 Å². The zero-order valence-electron chi connectivity index (χ0n) is 14.2. The predicted molar refractivity (Wildman–Crippen MR) is 93.0 cm³/mol. The van der Waals surface area contributed by atoms with Gasteiger partial charge in [0.2, 0.25) is 11.8 Å². The van der Waals surface area contributed by atoms with E-state index in [2.05, 4.69) is 5.32 Å². The first kappa shape index (κ1) is 17.3. The highest BCUT2D eigenvalue weighted by Crippen LogP contribution is 2.22. The summed E-state index contributed by atoms with van der Waals surface area (Å²) in [6.07, 6.45) is 0.357. The molecule has 1 aromatic heterocycles. The molecule has 0 bridgehead atoms. The van der Waals surface area contributed by atoms with Crippen molar-refractivity contribution in [1.82, 2.24) is 9.13 Å². The van der Waals surface area contributed by atoms with Gasteiger partial charge in [0.1, 0.15) is 5.82 Å². The van der Waals surface area contributed by atoms with E-state index in [9.17, 15) is 24.0 Å². The van der Waals surface area contributed by atoms with Gasteiger partial charge in [-0.1, -0.05) is 0 Å². The third-order valence-electron chi connectivity index (χ3n) is 4.21. The number of anilines is 2. The van der Waals surface area contributed by atoms with E-state index >= 15 is 0 Å². The first-order valence-corrected chi connectivity index (χ1v) is 7.84. The molecule has 0 aliphatic carbocycles. The van der Waals surface area contributed by atoms with Crippen LogP contribution in [0.1, 0.15) is 23.2 Å². The maximum Gasteiger partial charge on any atom is 0.332 e. The summed E-state index contributed by atoms with van der Waals surface area (Å²) in [5.41, 5.74) is -0.449. The van der Waals surface area contributed by atoms with Gasteiger partial charge in [-0.2, -0.15) is 0 Å². The van der Waals surface area contributed by atoms with E-state index in [-0.39, 0.29) is 36.0 Å². The Morgan fingerprint density at radius 2 is 1.50 bits per heavy atom. The minimum atomic E-state index is -0.561. The van der Waals surface area contributed by atoms with Crippen molar-refractivity contribution in [2.75, 3.05) is 10.2 Å². The summed E-state index contributed by atoms with van der Waals surface area (Å²) in [6.45, 7) is 0. The largest absolute Gasteiger partial charge is 0.332 e. The third-order valence-corrected chi connectivity index (χ3v) is 4.21. The number of benzene rings is 1. The number of rotatable bonds is 3. The summed E-state index contributed by atoms with van der Waals surface area (Å²) in [4.78, 5) is 60.5. The van der Waals surface area contributed by atoms with Crippen LogP contribution in [0.15, 0.2) is 39.9 Å².